The number of nitrogens with zero attached hydrogens (tertiary/aromatic N) is 5. The van der Waals surface area contributed by atoms with Crippen molar-refractivity contribution < 1.29 is 19.5 Å². The largest absolute Gasteiger partial charge is 0.399 e. The number of likely N-dealkylation sites (tertiary alicyclic amines) is 1. The molecule has 0 radical (unpaired) electrons. The molecule has 0 unspecified atom stereocenters. The number of carbonyl (C=O) groups excluding carboxylic acids is 2. The molecule has 2 aliphatic heterocycles. The zero-order chi connectivity index (χ0) is 28.1. The van der Waals surface area contributed by atoms with Gasteiger partial charge in [-0.2, -0.15) is 0 Å². The van der Waals surface area contributed by atoms with E-state index in [9.17, 15) is 14.7 Å². The summed E-state index contributed by atoms with van der Waals surface area (Å²) in [6.07, 6.45) is 5.61. The van der Waals surface area contributed by atoms with Gasteiger partial charge in [-0.15, -0.1) is 0 Å². The molecule has 2 aromatic rings. The maximum absolute atomic E-state index is 12.7. The monoisotopic (exact) mass is 549 g/mol. The van der Waals surface area contributed by atoms with Crippen LogP contribution >= 0.6 is 0 Å². The number of piperidine rings is 1. The molecule has 1 aromatic heterocycles. The molecule has 1 saturated carbocycles. The number of aliphatic hydroxyl groups is 1. The number of nitrogens with one attached hydrogen (secondary N) is 2. The van der Waals surface area contributed by atoms with E-state index in [-0.39, 0.29) is 35.5 Å². The van der Waals surface area contributed by atoms with Gasteiger partial charge in [0, 0.05) is 51.4 Å². The molecule has 5 rings (SSSR count). The molecular weight excluding hydrogens is 510 g/mol. The molecule has 0 bridgehead atoms. The minimum absolute atomic E-state index is 0.0673. The van der Waals surface area contributed by atoms with Gasteiger partial charge in [-0.05, 0) is 55.6 Å². The van der Waals surface area contributed by atoms with Crippen LogP contribution in [-0.2, 0) is 22.6 Å². The van der Waals surface area contributed by atoms with E-state index in [1.807, 2.05) is 11.0 Å². The molecule has 1 atom stereocenters. The average molecular weight is 550 g/mol. The SMILES string of the molecule is CO/N=C(/C)C(=O)N1CCC2(CC1)CC(Nc1cc(C(=O)NC[C@H](O)CN3CCc4ccccc4C3)ncn1)C2. The van der Waals surface area contributed by atoms with Crippen molar-refractivity contribution in [2.45, 2.75) is 57.7 Å². The number of aromatic nitrogens is 2. The predicted octanol–water partition coefficient (Wildman–Crippen LogP) is 1.83. The molecule has 3 aliphatic rings. The first-order valence-electron chi connectivity index (χ1n) is 14.1. The topological polar surface area (TPSA) is 132 Å². The Morgan fingerprint density at radius 3 is 2.67 bits per heavy atom. The maximum atomic E-state index is 12.7. The average Bonchev–Trinajstić information content (AvgIpc) is 2.95. The summed E-state index contributed by atoms with van der Waals surface area (Å²) in [5.74, 6) is 0.219. The number of aliphatic hydroxyl groups excluding tert-OH is 1. The van der Waals surface area contributed by atoms with Crippen LogP contribution in [0, 0.1) is 5.41 Å². The second-order valence-corrected chi connectivity index (χ2v) is 11.3. The van der Waals surface area contributed by atoms with Crippen LogP contribution < -0.4 is 10.6 Å². The lowest BCUT2D eigenvalue weighted by Crippen LogP contribution is -2.53. The number of benzene rings is 1. The highest BCUT2D eigenvalue weighted by atomic mass is 16.6. The van der Waals surface area contributed by atoms with Gasteiger partial charge in [0.25, 0.3) is 11.8 Å². The van der Waals surface area contributed by atoms with Gasteiger partial charge in [0.1, 0.15) is 30.7 Å². The van der Waals surface area contributed by atoms with Gasteiger partial charge in [0.05, 0.1) is 6.10 Å². The lowest BCUT2D eigenvalue weighted by atomic mass is 9.60. The molecule has 1 aliphatic carbocycles. The van der Waals surface area contributed by atoms with E-state index in [1.165, 1.54) is 24.6 Å². The second kappa shape index (κ2) is 12.3. The molecule has 1 aromatic carbocycles. The summed E-state index contributed by atoms with van der Waals surface area (Å²) in [5, 5.41) is 20.5. The summed E-state index contributed by atoms with van der Waals surface area (Å²) in [4.78, 5) is 42.4. The number of hydrogen-bond donors (Lipinski definition) is 3. The van der Waals surface area contributed by atoms with Crippen LogP contribution in [0.25, 0.3) is 0 Å². The smallest absolute Gasteiger partial charge is 0.271 e. The standard InChI is InChI=1S/C29H39N7O4/c1-20(34-40-2)28(39)36-11-8-29(9-12-36)14-23(15-29)33-26-13-25(31-19-32-26)27(38)30-16-24(37)18-35-10-7-21-5-3-4-6-22(21)17-35/h3-6,13,19,23-24,37H,7-12,14-18H2,1-2H3,(H,30,38)(H,31,32,33)/b34-20-/t24-/m0/s1. The molecule has 11 nitrogen and oxygen atoms in total. The van der Waals surface area contributed by atoms with Gasteiger partial charge in [-0.1, -0.05) is 29.4 Å². The van der Waals surface area contributed by atoms with Crippen molar-refractivity contribution in [1.29, 1.82) is 0 Å². The van der Waals surface area contributed by atoms with Crippen molar-refractivity contribution in [2.75, 3.05) is 45.2 Å². The fraction of sp³-hybridized carbons (Fsp3) is 0.552. The lowest BCUT2D eigenvalue weighted by molar-refractivity contribution is -0.127. The number of oxime groups is 1. The third-order valence-corrected chi connectivity index (χ3v) is 8.44. The van der Waals surface area contributed by atoms with Gasteiger partial charge in [-0.25, -0.2) is 9.97 Å². The van der Waals surface area contributed by atoms with Crippen molar-refractivity contribution in [3.05, 3.63) is 53.5 Å². The van der Waals surface area contributed by atoms with Gasteiger partial charge >= 0.3 is 0 Å². The molecule has 2 amide bonds. The van der Waals surface area contributed by atoms with Crippen molar-refractivity contribution in [3.8, 4) is 0 Å². The fourth-order valence-corrected chi connectivity index (χ4v) is 6.23. The van der Waals surface area contributed by atoms with E-state index in [4.69, 9.17) is 4.84 Å². The van der Waals surface area contributed by atoms with Crippen LogP contribution in [0.4, 0.5) is 5.82 Å². The first-order chi connectivity index (χ1) is 19.3. The van der Waals surface area contributed by atoms with Gasteiger partial charge in [-0.3, -0.25) is 14.5 Å². The molecule has 3 heterocycles. The number of anilines is 1. The second-order valence-electron chi connectivity index (χ2n) is 11.3. The Kier molecular flexibility index (Phi) is 8.60. The van der Waals surface area contributed by atoms with Crippen LogP contribution in [0.2, 0.25) is 0 Å². The molecule has 40 heavy (non-hydrogen) atoms. The highest BCUT2D eigenvalue weighted by Crippen LogP contribution is 2.49. The van der Waals surface area contributed by atoms with E-state index in [0.29, 0.717) is 18.1 Å². The van der Waals surface area contributed by atoms with E-state index < -0.39 is 6.10 Å². The highest BCUT2D eigenvalue weighted by molar-refractivity contribution is 6.37. The Balaban J connectivity index is 1.04. The van der Waals surface area contributed by atoms with Crippen molar-refractivity contribution in [2.24, 2.45) is 10.6 Å². The van der Waals surface area contributed by atoms with Crippen LogP contribution in [-0.4, -0.2) is 94.4 Å². The van der Waals surface area contributed by atoms with Crippen molar-refractivity contribution >= 4 is 23.3 Å². The number of rotatable bonds is 9. The van der Waals surface area contributed by atoms with Crippen molar-refractivity contribution in [3.63, 3.8) is 0 Å². The summed E-state index contributed by atoms with van der Waals surface area (Å²) in [5.41, 5.74) is 3.55. The molecule has 11 heteroatoms. The third-order valence-electron chi connectivity index (χ3n) is 8.44. The number of fused-ring (bicyclic) bond motifs is 1. The van der Waals surface area contributed by atoms with Gasteiger partial charge in [0.2, 0.25) is 0 Å². The molecule has 214 valence electrons. The first kappa shape index (κ1) is 28.0. The highest BCUT2D eigenvalue weighted by Gasteiger charge is 2.46. The Bertz CT molecular complexity index is 1240. The van der Waals surface area contributed by atoms with Crippen LogP contribution in [0.1, 0.15) is 54.2 Å². The Morgan fingerprint density at radius 2 is 1.93 bits per heavy atom. The third kappa shape index (κ3) is 6.59. The van der Waals surface area contributed by atoms with E-state index in [0.717, 1.165) is 58.3 Å². The van der Waals surface area contributed by atoms with Crippen molar-refractivity contribution in [1.82, 2.24) is 25.1 Å². The van der Waals surface area contributed by atoms with Crippen LogP contribution in [0.3, 0.4) is 0 Å². The van der Waals surface area contributed by atoms with Gasteiger partial charge < -0.3 is 25.5 Å². The molecule has 1 saturated heterocycles. The maximum Gasteiger partial charge on any atom is 0.271 e. The summed E-state index contributed by atoms with van der Waals surface area (Å²) in [6.45, 7) is 5.47. The summed E-state index contributed by atoms with van der Waals surface area (Å²) >= 11 is 0. The molecule has 3 N–H and O–H groups in total. The normalized spacial score (nSPS) is 19.9. The number of hydrogen-bond acceptors (Lipinski definition) is 9. The van der Waals surface area contributed by atoms with Crippen LogP contribution in [0.15, 0.2) is 41.8 Å². The van der Waals surface area contributed by atoms with Crippen LogP contribution in [0.5, 0.6) is 0 Å². The lowest BCUT2D eigenvalue weighted by Gasteiger charge is -2.52. The van der Waals surface area contributed by atoms with E-state index in [1.54, 1.807) is 13.0 Å². The van der Waals surface area contributed by atoms with Gasteiger partial charge in [0.15, 0.2) is 0 Å². The zero-order valence-corrected chi connectivity index (χ0v) is 23.3. The number of carbonyl (C=O) groups is 2. The van der Waals surface area contributed by atoms with E-state index >= 15 is 0 Å². The summed E-state index contributed by atoms with van der Waals surface area (Å²) in [7, 11) is 1.44. The Morgan fingerprint density at radius 1 is 1.18 bits per heavy atom. The molecular formula is C29H39N7O4. The Hall–Kier alpha value is -3.57. The minimum Gasteiger partial charge on any atom is -0.399 e. The molecule has 2 fully saturated rings. The fourth-order valence-electron chi connectivity index (χ4n) is 6.23. The number of β-amino-alcohol motifs (C(OH)–C–C–N with tert-alkyl or cyclic N) is 1. The first-order valence-corrected chi connectivity index (χ1v) is 14.1. The molecule has 1 spiro atoms. The minimum atomic E-state index is -0.669. The quantitative estimate of drug-likeness (QED) is 0.319. The zero-order valence-electron chi connectivity index (χ0n) is 23.3. The van der Waals surface area contributed by atoms with E-state index in [2.05, 4.69) is 48.9 Å². The summed E-state index contributed by atoms with van der Waals surface area (Å²) < 4.78 is 0. The Labute approximate surface area is 235 Å². The predicted molar refractivity (Wildman–Crippen MR) is 151 cm³/mol. The number of amides is 2. The summed E-state index contributed by atoms with van der Waals surface area (Å²) in [6, 6.07) is 10.3.